The summed E-state index contributed by atoms with van der Waals surface area (Å²) < 4.78 is 5.75. The molecular formula is C21H30N2O2. The number of para-hydroxylation sites is 1. The first kappa shape index (κ1) is 16.9. The third kappa shape index (κ3) is 3.84. The Kier molecular flexibility index (Phi) is 5.25. The molecule has 136 valence electrons. The average Bonchev–Trinajstić information content (AvgIpc) is 2.69. The van der Waals surface area contributed by atoms with Crippen LogP contribution in [0.4, 0.5) is 0 Å². The normalized spacial score (nSPS) is 27.4. The van der Waals surface area contributed by atoms with Gasteiger partial charge in [0.05, 0.1) is 6.61 Å². The zero-order valence-corrected chi connectivity index (χ0v) is 15.2. The van der Waals surface area contributed by atoms with Crippen LogP contribution in [0.5, 0.6) is 5.75 Å². The van der Waals surface area contributed by atoms with Crippen molar-refractivity contribution in [3.05, 3.63) is 29.8 Å². The second-order valence-electron chi connectivity index (χ2n) is 7.81. The highest BCUT2D eigenvalue weighted by Crippen LogP contribution is 2.36. The van der Waals surface area contributed by atoms with Gasteiger partial charge in [-0.2, -0.15) is 0 Å². The minimum absolute atomic E-state index is 0.313. The fourth-order valence-electron chi connectivity index (χ4n) is 4.73. The van der Waals surface area contributed by atoms with Crippen molar-refractivity contribution in [2.24, 2.45) is 0 Å². The summed E-state index contributed by atoms with van der Waals surface area (Å²) in [6.45, 7) is 5.04. The summed E-state index contributed by atoms with van der Waals surface area (Å²) in [6, 6.07) is 8.80. The van der Waals surface area contributed by atoms with Gasteiger partial charge in [-0.1, -0.05) is 24.6 Å². The molecule has 4 nitrogen and oxygen atoms in total. The van der Waals surface area contributed by atoms with Crippen LogP contribution in [0.15, 0.2) is 24.3 Å². The van der Waals surface area contributed by atoms with Crippen LogP contribution in [-0.4, -0.2) is 54.5 Å². The lowest BCUT2D eigenvalue weighted by atomic mass is 9.89. The van der Waals surface area contributed by atoms with E-state index < -0.39 is 0 Å². The van der Waals surface area contributed by atoms with Crippen molar-refractivity contribution in [3.8, 4) is 5.75 Å². The van der Waals surface area contributed by atoms with Crippen LogP contribution in [0.25, 0.3) is 0 Å². The molecule has 4 heteroatoms. The molecule has 0 radical (unpaired) electrons. The monoisotopic (exact) mass is 342 g/mol. The molecule has 0 aliphatic carbocycles. The summed E-state index contributed by atoms with van der Waals surface area (Å²) in [4.78, 5) is 17.7. The highest BCUT2D eigenvalue weighted by Gasteiger charge is 2.31. The fraction of sp³-hybridized carbons (Fsp3) is 0.667. The average molecular weight is 342 g/mol. The maximum atomic E-state index is 13.0. The van der Waals surface area contributed by atoms with E-state index in [1.807, 2.05) is 12.1 Å². The number of hydrogen-bond donors (Lipinski definition) is 0. The van der Waals surface area contributed by atoms with Crippen molar-refractivity contribution in [2.75, 3.05) is 32.8 Å². The van der Waals surface area contributed by atoms with Crippen LogP contribution in [0, 0.1) is 0 Å². The van der Waals surface area contributed by atoms with Crippen molar-refractivity contribution in [1.29, 1.82) is 0 Å². The van der Waals surface area contributed by atoms with Gasteiger partial charge in [0.15, 0.2) is 0 Å². The zero-order chi connectivity index (χ0) is 17.1. The molecule has 1 amide bonds. The predicted molar refractivity (Wildman–Crippen MR) is 98.9 cm³/mol. The Hall–Kier alpha value is -1.55. The van der Waals surface area contributed by atoms with E-state index in [2.05, 4.69) is 21.9 Å². The second-order valence-corrected chi connectivity index (χ2v) is 7.81. The molecule has 2 saturated heterocycles. The number of hydrogen-bond acceptors (Lipinski definition) is 3. The molecule has 1 aromatic carbocycles. The number of nitrogens with zero attached hydrogens (tertiary/aromatic N) is 2. The smallest absolute Gasteiger partial charge is 0.223 e. The van der Waals surface area contributed by atoms with Crippen molar-refractivity contribution >= 4 is 5.91 Å². The molecule has 3 aliphatic rings. The molecule has 1 aromatic rings. The number of benzene rings is 1. The summed E-state index contributed by atoms with van der Waals surface area (Å²) >= 11 is 0. The van der Waals surface area contributed by atoms with Gasteiger partial charge in [0.2, 0.25) is 5.91 Å². The largest absolute Gasteiger partial charge is 0.493 e. The van der Waals surface area contributed by atoms with E-state index in [1.165, 1.54) is 44.3 Å². The first-order valence-electron chi connectivity index (χ1n) is 10.0. The van der Waals surface area contributed by atoms with E-state index in [1.54, 1.807) is 0 Å². The molecule has 0 bridgehead atoms. The highest BCUT2D eigenvalue weighted by molar-refractivity contribution is 5.77. The molecule has 0 N–H and O–H groups in total. The van der Waals surface area contributed by atoms with E-state index in [-0.39, 0.29) is 0 Å². The molecule has 3 aliphatic heterocycles. The van der Waals surface area contributed by atoms with E-state index in [9.17, 15) is 4.79 Å². The van der Waals surface area contributed by atoms with Crippen molar-refractivity contribution in [1.82, 2.24) is 9.80 Å². The number of amides is 1. The van der Waals surface area contributed by atoms with E-state index in [4.69, 9.17) is 4.74 Å². The third-order valence-corrected chi connectivity index (χ3v) is 6.16. The minimum atomic E-state index is 0.313. The number of carbonyl (C=O) groups is 1. The summed E-state index contributed by atoms with van der Waals surface area (Å²) in [5.41, 5.74) is 1.21. The van der Waals surface area contributed by atoms with Crippen molar-refractivity contribution in [3.63, 3.8) is 0 Å². The van der Waals surface area contributed by atoms with E-state index in [0.717, 1.165) is 38.3 Å². The summed E-state index contributed by atoms with van der Waals surface area (Å²) in [5, 5.41) is 0. The van der Waals surface area contributed by atoms with Gasteiger partial charge in [0, 0.05) is 25.6 Å². The van der Waals surface area contributed by atoms with Gasteiger partial charge in [0.25, 0.3) is 0 Å². The zero-order valence-electron chi connectivity index (χ0n) is 15.2. The lowest BCUT2D eigenvalue weighted by Crippen LogP contribution is -2.51. The Labute approximate surface area is 151 Å². The molecular weight excluding hydrogens is 312 g/mol. The Morgan fingerprint density at radius 3 is 2.76 bits per heavy atom. The van der Waals surface area contributed by atoms with Crippen molar-refractivity contribution in [2.45, 2.75) is 56.9 Å². The van der Waals surface area contributed by atoms with Crippen LogP contribution in [-0.2, 0) is 4.79 Å². The first-order valence-corrected chi connectivity index (χ1v) is 10.0. The minimum Gasteiger partial charge on any atom is -0.493 e. The number of rotatable bonds is 3. The van der Waals surface area contributed by atoms with Gasteiger partial charge in [-0.05, 0) is 62.7 Å². The van der Waals surface area contributed by atoms with Crippen LogP contribution >= 0.6 is 0 Å². The summed E-state index contributed by atoms with van der Waals surface area (Å²) in [5.74, 6) is 1.62. The van der Waals surface area contributed by atoms with Crippen molar-refractivity contribution < 1.29 is 9.53 Å². The molecule has 2 atom stereocenters. The quantitative estimate of drug-likeness (QED) is 0.844. The SMILES string of the molecule is O=C(C[C@@H]1CCOc2ccccc21)N1CCC[C@H](N2CCCCC2)C1. The van der Waals surface area contributed by atoms with Gasteiger partial charge in [-0.25, -0.2) is 0 Å². The van der Waals surface area contributed by atoms with E-state index in [0.29, 0.717) is 24.3 Å². The van der Waals surface area contributed by atoms with Gasteiger partial charge in [0.1, 0.15) is 5.75 Å². The Morgan fingerprint density at radius 1 is 1.04 bits per heavy atom. The van der Waals surface area contributed by atoms with Gasteiger partial charge < -0.3 is 9.64 Å². The first-order chi connectivity index (χ1) is 12.3. The molecule has 0 saturated carbocycles. The lowest BCUT2D eigenvalue weighted by molar-refractivity contribution is -0.134. The van der Waals surface area contributed by atoms with Crippen LogP contribution < -0.4 is 4.74 Å². The third-order valence-electron chi connectivity index (χ3n) is 6.16. The predicted octanol–water partition coefficient (Wildman–Crippen LogP) is 3.42. The maximum absolute atomic E-state index is 13.0. The highest BCUT2D eigenvalue weighted by atomic mass is 16.5. The van der Waals surface area contributed by atoms with Gasteiger partial charge in [-0.3, -0.25) is 9.69 Å². The van der Waals surface area contributed by atoms with Crippen LogP contribution in [0.1, 0.15) is 56.4 Å². The van der Waals surface area contributed by atoms with E-state index >= 15 is 0 Å². The Bertz CT molecular complexity index is 597. The molecule has 0 aromatic heterocycles. The van der Waals surface area contributed by atoms with Gasteiger partial charge >= 0.3 is 0 Å². The van der Waals surface area contributed by atoms with Gasteiger partial charge in [-0.15, -0.1) is 0 Å². The molecule has 2 fully saturated rings. The lowest BCUT2D eigenvalue weighted by Gasteiger charge is -2.41. The maximum Gasteiger partial charge on any atom is 0.223 e. The molecule has 25 heavy (non-hydrogen) atoms. The summed E-state index contributed by atoms with van der Waals surface area (Å²) in [7, 11) is 0. The topological polar surface area (TPSA) is 32.8 Å². The Balaban J connectivity index is 1.38. The molecule has 0 unspecified atom stereocenters. The molecule has 0 spiro atoms. The fourth-order valence-corrected chi connectivity index (χ4v) is 4.73. The number of piperidine rings is 2. The standard InChI is InChI=1S/C21H30N2O2/c24-21(15-17-10-14-25-20-9-3-2-8-19(17)20)23-13-6-7-18(16-23)22-11-4-1-5-12-22/h2-3,8-9,17-18H,1,4-7,10-16H2/t17-,18-/m0/s1. The number of likely N-dealkylation sites (tertiary alicyclic amines) is 2. The second kappa shape index (κ2) is 7.77. The van der Waals surface area contributed by atoms with Crippen LogP contribution in [0.3, 0.4) is 0 Å². The number of ether oxygens (including phenoxy) is 1. The van der Waals surface area contributed by atoms with Crippen LogP contribution in [0.2, 0.25) is 0 Å². The Morgan fingerprint density at radius 2 is 1.88 bits per heavy atom. The molecule has 3 heterocycles. The molecule has 4 rings (SSSR count). The summed E-state index contributed by atoms with van der Waals surface area (Å²) in [6.07, 6.45) is 8.00. The number of carbonyl (C=O) groups excluding carboxylic acids is 1. The number of fused-ring (bicyclic) bond motifs is 1.